The molecule has 2 aliphatic heterocycles. The van der Waals surface area contributed by atoms with E-state index in [1.807, 2.05) is 48.5 Å². The predicted molar refractivity (Wildman–Crippen MR) is 80.3 cm³/mol. The first-order chi connectivity index (χ1) is 10.2. The number of ether oxygens (including phenoxy) is 2. The molecule has 0 aliphatic carbocycles. The summed E-state index contributed by atoms with van der Waals surface area (Å²) in [6.45, 7) is 0.250. The molecular formula is C17H13NO3. The van der Waals surface area contributed by atoms with Gasteiger partial charge in [-0.3, -0.25) is 4.79 Å². The maximum atomic E-state index is 12.4. The van der Waals surface area contributed by atoms with Gasteiger partial charge in [0.2, 0.25) is 6.79 Å². The van der Waals surface area contributed by atoms with Gasteiger partial charge < -0.3 is 14.4 Å². The summed E-state index contributed by atoms with van der Waals surface area (Å²) in [5, 5.41) is 0. The number of carbonyl (C=O) groups excluding carboxylic acids is 1. The van der Waals surface area contributed by atoms with Gasteiger partial charge in [-0.05, 0) is 29.8 Å². The summed E-state index contributed by atoms with van der Waals surface area (Å²) in [7, 11) is 1.79. The number of likely N-dealkylation sites (N-methyl/N-ethyl adjacent to an activating group) is 1. The lowest BCUT2D eigenvalue weighted by atomic mass is 10.0. The largest absolute Gasteiger partial charge is 0.454 e. The van der Waals surface area contributed by atoms with Crippen LogP contribution >= 0.6 is 0 Å². The van der Waals surface area contributed by atoms with Gasteiger partial charge in [0.1, 0.15) is 0 Å². The van der Waals surface area contributed by atoms with E-state index in [4.69, 9.17) is 9.47 Å². The zero-order valence-electron chi connectivity index (χ0n) is 11.5. The molecule has 0 unspecified atom stereocenters. The third-order valence-electron chi connectivity index (χ3n) is 3.80. The van der Waals surface area contributed by atoms with E-state index in [0.29, 0.717) is 5.57 Å². The number of hydrogen-bond donors (Lipinski definition) is 0. The molecule has 0 bridgehead atoms. The smallest absolute Gasteiger partial charge is 0.258 e. The van der Waals surface area contributed by atoms with Crippen LogP contribution in [-0.4, -0.2) is 19.7 Å². The highest BCUT2D eigenvalue weighted by atomic mass is 16.7. The van der Waals surface area contributed by atoms with Gasteiger partial charge in [-0.2, -0.15) is 0 Å². The second kappa shape index (κ2) is 4.38. The third kappa shape index (κ3) is 1.80. The van der Waals surface area contributed by atoms with Crippen molar-refractivity contribution < 1.29 is 14.3 Å². The Bertz CT molecular complexity index is 779. The van der Waals surface area contributed by atoms with Gasteiger partial charge >= 0.3 is 0 Å². The summed E-state index contributed by atoms with van der Waals surface area (Å²) in [6, 6.07) is 13.5. The zero-order valence-corrected chi connectivity index (χ0v) is 11.5. The molecule has 0 atom stereocenters. The number of para-hydroxylation sites is 1. The van der Waals surface area contributed by atoms with Crippen molar-refractivity contribution in [3.05, 3.63) is 53.6 Å². The summed E-state index contributed by atoms with van der Waals surface area (Å²) < 4.78 is 10.7. The number of fused-ring (bicyclic) bond motifs is 2. The number of nitrogens with zero attached hydrogens (tertiary/aromatic N) is 1. The molecule has 0 N–H and O–H groups in total. The van der Waals surface area contributed by atoms with Gasteiger partial charge in [0.25, 0.3) is 5.91 Å². The minimum Gasteiger partial charge on any atom is -0.454 e. The minimum atomic E-state index is 0.00821. The third-order valence-corrected chi connectivity index (χ3v) is 3.80. The fourth-order valence-corrected chi connectivity index (χ4v) is 2.71. The van der Waals surface area contributed by atoms with Crippen molar-refractivity contribution in [2.75, 3.05) is 18.7 Å². The Balaban J connectivity index is 1.81. The second-order valence-electron chi connectivity index (χ2n) is 5.05. The number of rotatable bonds is 1. The highest BCUT2D eigenvalue weighted by Crippen LogP contribution is 2.38. The molecule has 4 heteroatoms. The molecule has 4 nitrogen and oxygen atoms in total. The van der Waals surface area contributed by atoms with Crippen LogP contribution in [0, 0.1) is 0 Å². The fraction of sp³-hybridized carbons (Fsp3) is 0.118. The summed E-state index contributed by atoms with van der Waals surface area (Å²) >= 11 is 0. The van der Waals surface area contributed by atoms with Crippen molar-refractivity contribution in [2.24, 2.45) is 0 Å². The molecule has 1 amide bonds. The van der Waals surface area contributed by atoms with E-state index in [1.54, 1.807) is 11.9 Å². The Kier molecular flexibility index (Phi) is 2.51. The molecule has 2 aliphatic rings. The van der Waals surface area contributed by atoms with Crippen molar-refractivity contribution >= 4 is 23.2 Å². The lowest BCUT2D eigenvalue weighted by molar-refractivity contribution is -0.112. The molecule has 0 aromatic heterocycles. The average Bonchev–Trinajstić information content (AvgIpc) is 3.06. The quantitative estimate of drug-likeness (QED) is 0.753. The van der Waals surface area contributed by atoms with E-state index in [0.717, 1.165) is 28.3 Å². The van der Waals surface area contributed by atoms with E-state index < -0.39 is 0 Å². The van der Waals surface area contributed by atoms with Crippen LogP contribution < -0.4 is 14.4 Å². The first-order valence-electron chi connectivity index (χ1n) is 6.73. The standard InChI is InChI=1S/C17H13NO3/c1-18-14-5-3-2-4-12(14)13(17(18)19)8-11-6-7-15-16(9-11)21-10-20-15/h2-9H,10H2,1H3/b13-8+. The topological polar surface area (TPSA) is 38.8 Å². The van der Waals surface area contributed by atoms with E-state index in [9.17, 15) is 4.79 Å². The molecule has 104 valence electrons. The Morgan fingerprint density at radius 1 is 1.10 bits per heavy atom. The van der Waals surface area contributed by atoms with Crippen molar-refractivity contribution in [3.8, 4) is 11.5 Å². The highest BCUT2D eigenvalue weighted by Gasteiger charge is 2.29. The van der Waals surface area contributed by atoms with Crippen molar-refractivity contribution in [3.63, 3.8) is 0 Å². The molecule has 2 aromatic rings. The van der Waals surface area contributed by atoms with Crippen LogP contribution in [0.25, 0.3) is 11.6 Å². The normalized spacial score (nSPS) is 17.5. The van der Waals surface area contributed by atoms with Crippen LogP contribution in [0.15, 0.2) is 42.5 Å². The fourth-order valence-electron chi connectivity index (χ4n) is 2.71. The van der Waals surface area contributed by atoms with Crippen LogP contribution in [-0.2, 0) is 4.79 Å². The average molecular weight is 279 g/mol. The molecule has 21 heavy (non-hydrogen) atoms. The van der Waals surface area contributed by atoms with E-state index in [1.165, 1.54) is 0 Å². The predicted octanol–water partition coefficient (Wildman–Crippen LogP) is 2.93. The Morgan fingerprint density at radius 3 is 2.81 bits per heavy atom. The molecule has 0 saturated carbocycles. The van der Waals surface area contributed by atoms with Gasteiger partial charge in [0, 0.05) is 18.2 Å². The zero-order chi connectivity index (χ0) is 14.4. The van der Waals surface area contributed by atoms with Gasteiger partial charge in [0.15, 0.2) is 11.5 Å². The number of anilines is 1. The van der Waals surface area contributed by atoms with Crippen molar-refractivity contribution in [1.82, 2.24) is 0 Å². The van der Waals surface area contributed by atoms with E-state index in [-0.39, 0.29) is 12.7 Å². The number of amides is 1. The minimum absolute atomic E-state index is 0.00821. The number of hydrogen-bond acceptors (Lipinski definition) is 3. The highest BCUT2D eigenvalue weighted by molar-refractivity contribution is 6.35. The first kappa shape index (κ1) is 12.0. The Hall–Kier alpha value is -2.75. The number of benzene rings is 2. The molecule has 0 saturated heterocycles. The molecule has 0 fully saturated rings. The second-order valence-corrected chi connectivity index (χ2v) is 5.05. The Morgan fingerprint density at radius 2 is 1.90 bits per heavy atom. The SMILES string of the molecule is CN1C(=O)/C(=C/c2ccc3c(c2)OCO3)c2ccccc21. The monoisotopic (exact) mass is 279 g/mol. The van der Waals surface area contributed by atoms with Crippen LogP contribution in [0.3, 0.4) is 0 Å². The maximum Gasteiger partial charge on any atom is 0.258 e. The molecule has 4 rings (SSSR count). The van der Waals surface area contributed by atoms with Gasteiger partial charge in [-0.15, -0.1) is 0 Å². The molecular weight excluding hydrogens is 266 g/mol. The van der Waals surface area contributed by atoms with E-state index >= 15 is 0 Å². The van der Waals surface area contributed by atoms with Crippen molar-refractivity contribution in [2.45, 2.75) is 0 Å². The lowest BCUT2D eigenvalue weighted by Crippen LogP contribution is -2.20. The molecule has 2 heterocycles. The van der Waals surface area contributed by atoms with Crippen LogP contribution in [0.1, 0.15) is 11.1 Å². The van der Waals surface area contributed by atoms with Gasteiger partial charge in [0.05, 0.1) is 5.69 Å². The van der Waals surface area contributed by atoms with Gasteiger partial charge in [-0.25, -0.2) is 0 Å². The molecule has 2 aromatic carbocycles. The summed E-state index contributed by atoms with van der Waals surface area (Å²) in [6.07, 6.45) is 1.90. The first-order valence-corrected chi connectivity index (χ1v) is 6.73. The lowest BCUT2D eigenvalue weighted by Gasteiger charge is -2.07. The van der Waals surface area contributed by atoms with Crippen LogP contribution in [0.4, 0.5) is 5.69 Å². The summed E-state index contributed by atoms with van der Waals surface area (Å²) in [5.74, 6) is 1.47. The summed E-state index contributed by atoms with van der Waals surface area (Å²) in [4.78, 5) is 14.1. The van der Waals surface area contributed by atoms with E-state index in [2.05, 4.69) is 0 Å². The number of carbonyl (C=O) groups is 1. The maximum absolute atomic E-state index is 12.4. The van der Waals surface area contributed by atoms with Gasteiger partial charge in [-0.1, -0.05) is 24.3 Å². The van der Waals surface area contributed by atoms with Crippen LogP contribution in [0.2, 0.25) is 0 Å². The van der Waals surface area contributed by atoms with Crippen LogP contribution in [0.5, 0.6) is 11.5 Å². The molecule has 0 radical (unpaired) electrons. The van der Waals surface area contributed by atoms with Crippen molar-refractivity contribution in [1.29, 1.82) is 0 Å². The summed E-state index contributed by atoms with van der Waals surface area (Å²) in [5.41, 5.74) is 3.52. The Labute approximate surface area is 122 Å². The molecule has 0 spiro atoms.